The minimum Gasteiger partial charge on any atom is -0.399 e. The number of nitrogen functional groups attached to an aromatic ring is 1. The molecular formula is C12H18N2O. The Hall–Kier alpha value is -1.06. The van der Waals surface area contributed by atoms with E-state index in [-0.39, 0.29) is 0 Å². The first-order valence-electron chi connectivity index (χ1n) is 5.41. The molecule has 1 aliphatic rings. The number of nitrogens with two attached hydrogens (primary N) is 1. The van der Waals surface area contributed by atoms with Gasteiger partial charge in [0, 0.05) is 25.9 Å². The van der Waals surface area contributed by atoms with Gasteiger partial charge >= 0.3 is 0 Å². The van der Waals surface area contributed by atoms with Gasteiger partial charge in [-0.3, -0.25) is 4.90 Å². The third-order valence-electron chi connectivity index (χ3n) is 2.94. The predicted octanol–water partition coefficient (Wildman–Crippen LogP) is 1.84. The van der Waals surface area contributed by atoms with Gasteiger partial charge in [0.25, 0.3) is 0 Å². The van der Waals surface area contributed by atoms with E-state index >= 15 is 0 Å². The second-order valence-corrected chi connectivity index (χ2v) is 4.04. The molecule has 1 fully saturated rings. The zero-order valence-electron chi connectivity index (χ0n) is 9.15. The molecule has 1 aromatic carbocycles. The summed E-state index contributed by atoms with van der Waals surface area (Å²) < 4.78 is 5.42. The molecule has 1 heterocycles. The van der Waals surface area contributed by atoms with Crippen molar-refractivity contribution < 1.29 is 4.74 Å². The number of likely N-dealkylation sites (tertiary alicyclic amines) is 1. The molecule has 1 atom stereocenters. The number of benzene rings is 1. The van der Waals surface area contributed by atoms with Crippen molar-refractivity contribution in [1.29, 1.82) is 0 Å². The van der Waals surface area contributed by atoms with E-state index in [1.54, 1.807) is 7.11 Å². The topological polar surface area (TPSA) is 38.5 Å². The van der Waals surface area contributed by atoms with E-state index in [9.17, 15) is 0 Å². The number of hydrogen-bond donors (Lipinski definition) is 1. The van der Waals surface area contributed by atoms with E-state index < -0.39 is 0 Å². The smallest absolute Gasteiger partial charge is 0.110 e. The summed E-state index contributed by atoms with van der Waals surface area (Å²) in [5, 5.41) is 0. The van der Waals surface area contributed by atoms with Gasteiger partial charge in [0.15, 0.2) is 0 Å². The van der Waals surface area contributed by atoms with Crippen molar-refractivity contribution in [3.63, 3.8) is 0 Å². The third kappa shape index (κ3) is 2.49. The lowest BCUT2D eigenvalue weighted by atomic mass is 10.2. The summed E-state index contributed by atoms with van der Waals surface area (Å²) in [5.41, 5.74) is 7.77. The van der Waals surface area contributed by atoms with Crippen molar-refractivity contribution in [2.45, 2.75) is 25.6 Å². The molecule has 0 saturated carbocycles. The molecular weight excluding hydrogens is 188 g/mol. The monoisotopic (exact) mass is 206 g/mol. The SMILES string of the molecule is CO[C@H]1CCCN1Cc1ccc(N)cc1. The highest BCUT2D eigenvalue weighted by molar-refractivity contribution is 5.39. The fourth-order valence-corrected chi connectivity index (χ4v) is 2.10. The molecule has 3 heteroatoms. The van der Waals surface area contributed by atoms with Crippen molar-refractivity contribution in [3.8, 4) is 0 Å². The van der Waals surface area contributed by atoms with Crippen LogP contribution in [0, 0.1) is 0 Å². The molecule has 0 unspecified atom stereocenters. The second kappa shape index (κ2) is 4.64. The minimum absolute atomic E-state index is 0.294. The lowest BCUT2D eigenvalue weighted by Gasteiger charge is -2.22. The average Bonchev–Trinajstić information content (AvgIpc) is 2.69. The van der Waals surface area contributed by atoms with Crippen LogP contribution in [0.5, 0.6) is 0 Å². The van der Waals surface area contributed by atoms with Gasteiger partial charge in [-0.2, -0.15) is 0 Å². The molecule has 1 aromatic rings. The molecule has 0 radical (unpaired) electrons. The Morgan fingerprint density at radius 1 is 1.40 bits per heavy atom. The van der Waals surface area contributed by atoms with Gasteiger partial charge in [-0.1, -0.05) is 12.1 Å². The van der Waals surface area contributed by atoms with Gasteiger partial charge < -0.3 is 10.5 Å². The van der Waals surface area contributed by atoms with Crippen LogP contribution in [-0.2, 0) is 11.3 Å². The largest absolute Gasteiger partial charge is 0.399 e. The standard InChI is InChI=1S/C12H18N2O/c1-15-12-3-2-8-14(12)9-10-4-6-11(13)7-5-10/h4-7,12H,2-3,8-9,13H2,1H3/t12-/m0/s1. The molecule has 82 valence electrons. The number of rotatable bonds is 3. The van der Waals surface area contributed by atoms with E-state index in [0.29, 0.717) is 6.23 Å². The van der Waals surface area contributed by atoms with Crippen LogP contribution < -0.4 is 5.73 Å². The van der Waals surface area contributed by atoms with Crippen LogP contribution in [-0.4, -0.2) is 24.8 Å². The molecule has 3 nitrogen and oxygen atoms in total. The minimum atomic E-state index is 0.294. The Morgan fingerprint density at radius 3 is 2.80 bits per heavy atom. The molecule has 0 spiro atoms. The van der Waals surface area contributed by atoms with Crippen molar-refractivity contribution in [3.05, 3.63) is 29.8 Å². The predicted molar refractivity (Wildman–Crippen MR) is 61.3 cm³/mol. The summed E-state index contributed by atoms with van der Waals surface area (Å²) in [6.07, 6.45) is 2.67. The van der Waals surface area contributed by atoms with Gasteiger partial charge in [-0.25, -0.2) is 0 Å². The number of methoxy groups -OCH3 is 1. The van der Waals surface area contributed by atoms with Crippen LogP contribution >= 0.6 is 0 Å². The van der Waals surface area contributed by atoms with E-state index in [1.807, 2.05) is 12.1 Å². The lowest BCUT2D eigenvalue weighted by molar-refractivity contribution is -0.00814. The van der Waals surface area contributed by atoms with Crippen LogP contribution in [0.15, 0.2) is 24.3 Å². The Balaban J connectivity index is 1.99. The highest BCUT2D eigenvalue weighted by atomic mass is 16.5. The van der Waals surface area contributed by atoms with Gasteiger partial charge in [-0.15, -0.1) is 0 Å². The zero-order chi connectivity index (χ0) is 10.7. The van der Waals surface area contributed by atoms with Gasteiger partial charge in [-0.05, 0) is 30.5 Å². The van der Waals surface area contributed by atoms with E-state index in [2.05, 4.69) is 17.0 Å². The summed E-state index contributed by atoms with van der Waals surface area (Å²) in [6.45, 7) is 2.08. The number of anilines is 1. The van der Waals surface area contributed by atoms with E-state index in [4.69, 9.17) is 10.5 Å². The molecule has 2 N–H and O–H groups in total. The third-order valence-corrected chi connectivity index (χ3v) is 2.94. The molecule has 0 bridgehead atoms. The normalized spacial score (nSPS) is 22.1. The van der Waals surface area contributed by atoms with Crippen LogP contribution in [0.1, 0.15) is 18.4 Å². The summed E-state index contributed by atoms with van der Waals surface area (Å²) in [4.78, 5) is 2.37. The van der Waals surface area contributed by atoms with Crippen molar-refractivity contribution >= 4 is 5.69 Å². The van der Waals surface area contributed by atoms with Crippen LogP contribution in [0.3, 0.4) is 0 Å². The van der Waals surface area contributed by atoms with Gasteiger partial charge in [0.1, 0.15) is 6.23 Å². The molecule has 1 aliphatic heterocycles. The summed E-state index contributed by atoms with van der Waals surface area (Å²) >= 11 is 0. The fourth-order valence-electron chi connectivity index (χ4n) is 2.10. The highest BCUT2D eigenvalue weighted by Crippen LogP contribution is 2.20. The van der Waals surface area contributed by atoms with Gasteiger partial charge in [0.05, 0.1) is 0 Å². The van der Waals surface area contributed by atoms with Crippen LogP contribution in [0.4, 0.5) is 5.69 Å². The Bertz CT molecular complexity index is 310. The number of ether oxygens (including phenoxy) is 1. The molecule has 1 saturated heterocycles. The first-order valence-corrected chi connectivity index (χ1v) is 5.41. The van der Waals surface area contributed by atoms with Crippen molar-refractivity contribution in [2.75, 3.05) is 19.4 Å². The Morgan fingerprint density at radius 2 is 2.13 bits per heavy atom. The first-order chi connectivity index (χ1) is 7.29. The number of hydrogen-bond acceptors (Lipinski definition) is 3. The first kappa shape index (κ1) is 10.5. The summed E-state index contributed by atoms with van der Waals surface area (Å²) in [6, 6.07) is 8.07. The maximum absolute atomic E-state index is 5.65. The van der Waals surface area contributed by atoms with Crippen LogP contribution in [0.2, 0.25) is 0 Å². The lowest BCUT2D eigenvalue weighted by Crippen LogP contribution is -2.30. The van der Waals surface area contributed by atoms with E-state index in [1.165, 1.54) is 12.0 Å². The maximum atomic E-state index is 5.65. The average molecular weight is 206 g/mol. The highest BCUT2D eigenvalue weighted by Gasteiger charge is 2.23. The summed E-state index contributed by atoms with van der Waals surface area (Å²) in [7, 11) is 1.78. The zero-order valence-corrected chi connectivity index (χ0v) is 9.15. The Labute approximate surface area is 90.8 Å². The quantitative estimate of drug-likeness (QED) is 0.767. The second-order valence-electron chi connectivity index (χ2n) is 4.04. The molecule has 2 rings (SSSR count). The molecule has 0 aromatic heterocycles. The molecule has 0 aliphatic carbocycles. The van der Waals surface area contributed by atoms with Crippen molar-refractivity contribution in [2.24, 2.45) is 0 Å². The number of nitrogens with zero attached hydrogens (tertiary/aromatic N) is 1. The molecule has 0 amide bonds. The van der Waals surface area contributed by atoms with Crippen LogP contribution in [0.25, 0.3) is 0 Å². The Kier molecular flexibility index (Phi) is 3.23. The fraction of sp³-hybridized carbons (Fsp3) is 0.500. The van der Waals surface area contributed by atoms with E-state index in [0.717, 1.165) is 25.2 Å². The molecule has 15 heavy (non-hydrogen) atoms. The maximum Gasteiger partial charge on any atom is 0.110 e. The van der Waals surface area contributed by atoms with Gasteiger partial charge in [0.2, 0.25) is 0 Å². The van der Waals surface area contributed by atoms with Crippen molar-refractivity contribution in [1.82, 2.24) is 4.90 Å². The summed E-state index contributed by atoms with van der Waals surface area (Å²) in [5.74, 6) is 0.